The molecule has 0 aliphatic carbocycles. The van der Waals surface area contributed by atoms with Crippen LogP contribution in [-0.4, -0.2) is 21.4 Å². The summed E-state index contributed by atoms with van der Waals surface area (Å²) in [6.07, 6.45) is 0. The fraction of sp³-hybridized carbons (Fsp3) is 0.133. The highest BCUT2D eigenvalue weighted by Crippen LogP contribution is 2.27. The monoisotopic (exact) mass is 400 g/mol. The van der Waals surface area contributed by atoms with Crippen LogP contribution in [0.25, 0.3) is 0 Å². The van der Waals surface area contributed by atoms with E-state index in [-0.39, 0.29) is 16.5 Å². The minimum Gasteiger partial charge on any atom is -0.326 e. The lowest BCUT2D eigenvalue weighted by Gasteiger charge is -2.20. The summed E-state index contributed by atoms with van der Waals surface area (Å²) in [5.74, 6) is -0.907. The van der Waals surface area contributed by atoms with Crippen LogP contribution < -0.4 is 9.62 Å². The summed E-state index contributed by atoms with van der Waals surface area (Å²) in [7, 11) is -2.63. The quantitative estimate of drug-likeness (QED) is 0.855. The Balaban J connectivity index is 2.35. The van der Waals surface area contributed by atoms with E-state index in [1.54, 1.807) is 6.07 Å². The summed E-state index contributed by atoms with van der Waals surface area (Å²) < 4.78 is 40.5. The van der Waals surface area contributed by atoms with Gasteiger partial charge in [-0.25, -0.2) is 12.8 Å². The molecule has 0 atom stereocenters. The Morgan fingerprint density at radius 3 is 2.30 bits per heavy atom. The van der Waals surface area contributed by atoms with Gasteiger partial charge < -0.3 is 5.32 Å². The van der Waals surface area contributed by atoms with Gasteiger partial charge in [0, 0.05) is 24.1 Å². The van der Waals surface area contributed by atoms with Crippen LogP contribution in [0, 0.1) is 5.82 Å². The van der Waals surface area contributed by atoms with Crippen molar-refractivity contribution >= 4 is 43.2 Å². The molecule has 5 nitrogen and oxygen atoms in total. The molecule has 0 heterocycles. The highest BCUT2D eigenvalue weighted by molar-refractivity contribution is 9.10. The Labute approximate surface area is 142 Å². The number of carbonyl (C=O) groups excluding carboxylic acids is 1. The van der Waals surface area contributed by atoms with Gasteiger partial charge in [-0.05, 0) is 42.5 Å². The number of carbonyl (C=O) groups is 1. The second-order valence-electron chi connectivity index (χ2n) is 4.77. The van der Waals surface area contributed by atoms with E-state index in [1.165, 1.54) is 50.4 Å². The first kappa shape index (κ1) is 17.4. The van der Waals surface area contributed by atoms with E-state index in [2.05, 4.69) is 21.2 Å². The van der Waals surface area contributed by atoms with Gasteiger partial charge in [0.2, 0.25) is 5.91 Å². The third-order valence-electron chi connectivity index (χ3n) is 3.08. The normalized spacial score (nSPS) is 11.1. The largest absolute Gasteiger partial charge is 0.326 e. The van der Waals surface area contributed by atoms with Gasteiger partial charge in [0.25, 0.3) is 10.0 Å². The summed E-state index contributed by atoms with van der Waals surface area (Å²) in [6.45, 7) is 1.36. The van der Waals surface area contributed by atoms with Crippen molar-refractivity contribution in [3.8, 4) is 0 Å². The lowest BCUT2D eigenvalue weighted by atomic mass is 10.3. The molecule has 0 aromatic heterocycles. The van der Waals surface area contributed by atoms with Gasteiger partial charge in [-0.15, -0.1) is 0 Å². The van der Waals surface area contributed by atoms with Crippen LogP contribution in [0.3, 0.4) is 0 Å². The standard InChI is InChI=1S/C15H14BrFN2O3S/c1-10(20)18-12-4-6-13(7-5-12)23(21,22)19(2)15-8-3-11(16)9-14(15)17/h3-9H,1-2H3,(H,18,20). The van der Waals surface area contributed by atoms with E-state index in [1.807, 2.05) is 0 Å². The zero-order chi connectivity index (χ0) is 17.2. The Morgan fingerprint density at radius 1 is 1.17 bits per heavy atom. The number of nitrogens with zero attached hydrogens (tertiary/aromatic N) is 1. The van der Waals surface area contributed by atoms with Gasteiger partial charge in [-0.1, -0.05) is 15.9 Å². The van der Waals surface area contributed by atoms with Crippen molar-refractivity contribution < 1.29 is 17.6 Å². The number of sulfonamides is 1. The van der Waals surface area contributed by atoms with Crippen molar-refractivity contribution in [2.75, 3.05) is 16.7 Å². The maximum Gasteiger partial charge on any atom is 0.264 e. The van der Waals surface area contributed by atoms with E-state index < -0.39 is 15.8 Å². The molecule has 0 unspecified atom stereocenters. The fourth-order valence-corrected chi connectivity index (χ4v) is 3.47. The number of hydrogen-bond acceptors (Lipinski definition) is 3. The molecule has 8 heteroatoms. The van der Waals surface area contributed by atoms with Gasteiger partial charge in [0.1, 0.15) is 5.82 Å². The van der Waals surface area contributed by atoms with Gasteiger partial charge in [-0.2, -0.15) is 0 Å². The van der Waals surface area contributed by atoms with Crippen LogP contribution in [-0.2, 0) is 14.8 Å². The predicted octanol–water partition coefficient (Wildman–Crippen LogP) is 3.37. The molecule has 2 aromatic carbocycles. The van der Waals surface area contributed by atoms with Crippen LogP contribution >= 0.6 is 15.9 Å². The number of hydrogen-bond donors (Lipinski definition) is 1. The van der Waals surface area contributed by atoms with Crippen molar-refractivity contribution in [3.05, 3.63) is 52.8 Å². The smallest absolute Gasteiger partial charge is 0.264 e. The Hall–Kier alpha value is -1.93. The number of anilines is 2. The lowest BCUT2D eigenvalue weighted by Crippen LogP contribution is -2.27. The van der Waals surface area contributed by atoms with Gasteiger partial charge in [0.15, 0.2) is 0 Å². The topological polar surface area (TPSA) is 66.5 Å². The van der Waals surface area contributed by atoms with Crippen molar-refractivity contribution in [1.82, 2.24) is 0 Å². The fourth-order valence-electron chi connectivity index (χ4n) is 1.94. The Kier molecular flexibility index (Phi) is 5.06. The lowest BCUT2D eigenvalue weighted by molar-refractivity contribution is -0.114. The summed E-state index contributed by atoms with van der Waals surface area (Å²) in [5, 5.41) is 2.55. The van der Waals surface area contributed by atoms with Crippen molar-refractivity contribution in [2.45, 2.75) is 11.8 Å². The summed E-state index contributed by atoms with van der Waals surface area (Å²) in [6, 6.07) is 9.79. The molecule has 1 N–H and O–H groups in total. The Morgan fingerprint density at radius 2 is 1.78 bits per heavy atom. The van der Waals surface area contributed by atoms with Crippen LogP contribution in [0.5, 0.6) is 0 Å². The zero-order valence-electron chi connectivity index (χ0n) is 12.4. The second-order valence-corrected chi connectivity index (χ2v) is 7.66. The summed E-state index contributed by atoms with van der Waals surface area (Å²) in [5.41, 5.74) is 0.424. The molecular formula is C15H14BrFN2O3S. The third-order valence-corrected chi connectivity index (χ3v) is 5.36. The van der Waals surface area contributed by atoms with Crippen LogP contribution in [0.2, 0.25) is 0 Å². The van der Waals surface area contributed by atoms with Crippen LogP contribution in [0.15, 0.2) is 51.8 Å². The summed E-state index contributed by atoms with van der Waals surface area (Å²) in [4.78, 5) is 11.0. The number of benzene rings is 2. The molecule has 23 heavy (non-hydrogen) atoms. The Bertz CT molecular complexity index is 838. The minimum atomic E-state index is -3.91. The molecule has 2 aromatic rings. The average Bonchev–Trinajstić information content (AvgIpc) is 2.46. The van der Waals surface area contributed by atoms with E-state index in [0.29, 0.717) is 10.2 Å². The van der Waals surface area contributed by atoms with Crippen LogP contribution in [0.1, 0.15) is 6.92 Å². The molecule has 0 aliphatic heterocycles. The first-order chi connectivity index (χ1) is 10.7. The maximum atomic E-state index is 14.0. The number of amides is 1. The first-order valence-corrected chi connectivity index (χ1v) is 8.77. The molecule has 2 rings (SSSR count). The molecule has 0 bridgehead atoms. The average molecular weight is 401 g/mol. The molecule has 1 amide bonds. The summed E-state index contributed by atoms with van der Waals surface area (Å²) >= 11 is 3.13. The van der Waals surface area contributed by atoms with Gasteiger partial charge in [-0.3, -0.25) is 9.10 Å². The van der Waals surface area contributed by atoms with Crippen LogP contribution in [0.4, 0.5) is 15.8 Å². The molecule has 0 saturated carbocycles. The van der Waals surface area contributed by atoms with E-state index >= 15 is 0 Å². The van der Waals surface area contributed by atoms with E-state index in [4.69, 9.17) is 0 Å². The predicted molar refractivity (Wildman–Crippen MR) is 90.4 cm³/mol. The molecule has 0 radical (unpaired) electrons. The van der Waals surface area contributed by atoms with Gasteiger partial charge in [0.05, 0.1) is 10.6 Å². The molecule has 0 spiro atoms. The molecule has 0 saturated heterocycles. The number of nitrogens with one attached hydrogen (secondary N) is 1. The second kappa shape index (κ2) is 6.67. The van der Waals surface area contributed by atoms with Gasteiger partial charge >= 0.3 is 0 Å². The third kappa shape index (κ3) is 3.89. The molecule has 0 fully saturated rings. The maximum absolute atomic E-state index is 14.0. The van der Waals surface area contributed by atoms with Crippen molar-refractivity contribution in [2.24, 2.45) is 0 Å². The van der Waals surface area contributed by atoms with E-state index in [9.17, 15) is 17.6 Å². The van der Waals surface area contributed by atoms with Crippen molar-refractivity contribution in [3.63, 3.8) is 0 Å². The highest BCUT2D eigenvalue weighted by atomic mass is 79.9. The highest BCUT2D eigenvalue weighted by Gasteiger charge is 2.23. The molecular weight excluding hydrogens is 387 g/mol. The van der Waals surface area contributed by atoms with Crippen molar-refractivity contribution in [1.29, 1.82) is 0 Å². The molecule has 0 aliphatic rings. The molecule has 122 valence electrons. The minimum absolute atomic E-state index is 0.00331. The van der Waals surface area contributed by atoms with E-state index in [0.717, 1.165) is 4.31 Å². The number of rotatable bonds is 4. The zero-order valence-corrected chi connectivity index (χ0v) is 14.8. The SMILES string of the molecule is CC(=O)Nc1ccc(S(=O)(=O)N(C)c2ccc(Br)cc2F)cc1. The first-order valence-electron chi connectivity index (χ1n) is 6.53. The number of halogens is 2.